The molecule has 16 rings (SSSR count). The number of rotatable bonds is 41. The second kappa shape index (κ2) is 53.6. The predicted molar refractivity (Wildman–Crippen MR) is 568 cm³/mol. The topological polar surface area (TPSA) is 324 Å². The third-order valence-corrected chi connectivity index (χ3v) is 26.9. The summed E-state index contributed by atoms with van der Waals surface area (Å²) in [6.07, 6.45) is 6.75. The summed E-state index contributed by atoms with van der Waals surface area (Å²) in [6, 6.07) is 61.4. The number of benzene rings is 10. The number of fused-ring (bicyclic) bond motifs is 6. The molecule has 0 radical (unpaired) electrons. The quantitative estimate of drug-likeness (QED) is 0.0182. The highest BCUT2D eigenvalue weighted by atomic mass is 35.5. The van der Waals surface area contributed by atoms with Crippen LogP contribution in [-0.4, -0.2) is 214 Å². The molecule has 35 heteroatoms. The van der Waals surface area contributed by atoms with E-state index in [4.69, 9.17) is 138 Å². The van der Waals surface area contributed by atoms with Crippen molar-refractivity contribution in [1.29, 1.82) is 0 Å². The van der Waals surface area contributed by atoms with Crippen molar-refractivity contribution >= 4 is 128 Å². The first kappa shape index (κ1) is 110. The van der Waals surface area contributed by atoms with Crippen LogP contribution in [0.1, 0.15) is 165 Å². The molecule has 2 saturated heterocycles. The fourth-order valence-electron chi connectivity index (χ4n) is 18.2. The van der Waals surface area contributed by atoms with Gasteiger partial charge in [-0.25, -0.2) is 28.7 Å². The van der Waals surface area contributed by atoms with E-state index in [1.165, 1.54) is 33.5 Å². The number of nitrogens with two attached hydrogens (primary N) is 1. The first-order chi connectivity index (χ1) is 71.2. The van der Waals surface area contributed by atoms with Gasteiger partial charge in [0, 0.05) is 178 Å². The molecule has 0 unspecified atom stereocenters. The molecular weight excluding hydrogens is 2000 g/mol. The number of aliphatic carboxylic acids is 1. The Balaban J connectivity index is 0.000000195. The van der Waals surface area contributed by atoms with E-state index in [1.807, 2.05) is 133 Å². The molecule has 0 saturated carbocycles. The van der Waals surface area contributed by atoms with E-state index in [2.05, 4.69) is 38.9 Å². The molecule has 0 bridgehead atoms. The summed E-state index contributed by atoms with van der Waals surface area (Å²) in [7, 11) is 6.06. The highest BCUT2D eigenvalue weighted by Gasteiger charge is 2.40. The Bertz CT molecular complexity index is 6700. The second-order valence-electron chi connectivity index (χ2n) is 35.1. The van der Waals surface area contributed by atoms with Crippen molar-refractivity contribution in [2.24, 2.45) is 15.7 Å². The van der Waals surface area contributed by atoms with Crippen molar-refractivity contribution in [2.75, 3.05) is 130 Å². The average molecular weight is 2120 g/mol. The summed E-state index contributed by atoms with van der Waals surface area (Å²) in [6.45, 7) is 10.2. The molecule has 768 valence electrons. The number of ketones is 2. The summed E-state index contributed by atoms with van der Waals surface area (Å²) in [5.74, 6) is -0.329. The molecule has 0 aliphatic carbocycles. The number of carboxylic acids is 1. The standard InChI is InChI=1S/C56H56Cl3FN6O7.C35H36ClFN4O5.C21H22Cl2N2O3/c1-4-41-33-65(34-47(36-11-13-38(57)14-12-36)66(41)42-18-15-39(58)16-19-42)53(69)30-52(68)61-22-24-73-26-25-72-23-6-8-48(67)44-20-10-35(27-50(44)71-3)28-51-62-31-37-32-63-56(54-46(60)7-5-9-49(54)70-2)45-29-40(59)17-21-43(45)55(37)64-51;1-43-30-7-3-5-28(37)33(30)35-27-19-24(36)9-11-25(27)34-23(21-40-35)20-39-32(41-34)18-22-8-10-26(31(17-22)44-2)29(42)6-4-13-45-15-16-46-14-12-38;1-2-17-12-24(20(26)11-21(27)28)13-19(14-3-5-15(22)6-4-14)25(17)18-9-7-16(23)8-10-18/h5,7,9-21,27,29,31,41,47H,4,6,8,22-26,28,30,32-34H2,1-3H3,(H,61,68);3,5,7-11,17,19-20H,4,6,12-16,18,21,38H2,1-2H3;3-10,17,19H,2,11-13H2,1H3,(H,27,28)/t41-,47-;;17-,19-/m0.0/s1. The van der Waals surface area contributed by atoms with E-state index in [0.717, 1.165) is 68.7 Å². The van der Waals surface area contributed by atoms with Gasteiger partial charge in [-0.15, -0.1) is 0 Å². The van der Waals surface area contributed by atoms with E-state index < -0.39 is 24.0 Å². The van der Waals surface area contributed by atoms with E-state index in [0.29, 0.717) is 221 Å². The van der Waals surface area contributed by atoms with Crippen LogP contribution in [0, 0.1) is 11.6 Å². The van der Waals surface area contributed by atoms with Crippen molar-refractivity contribution < 1.29 is 80.5 Å². The SMILES string of the molecule is CC[C@H]1CN(C(=O)CC(=O)NCCOCCOCCCC(=O)c2ccc(Cc3ncc4c(n3)-c3ccc(Cl)cc3C(c3c(F)cccc3OC)=NC4)cc2OC)C[C@@H](c2ccc(Cl)cc2)N1c1ccc(Cl)cc1.CC[C@H]1CN(C(=O)CC(=O)O)C[C@@H](c2ccc(Cl)cc2)N1c1ccc(Cl)cc1.COc1cc(Cc2ncc3c(n2)-c2ccc(Cl)cc2C(c2c(F)cccc2OC)=NC3)ccc1C(=O)CCCOCCOCCN. The molecule has 0 spiro atoms. The van der Waals surface area contributed by atoms with E-state index in [-0.39, 0.29) is 104 Å². The lowest BCUT2D eigenvalue weighted by Gasteiger charge is -2.48. The van der Waals surface area contributed by atoms with E-state index >= 15 is 8.78 Å². The van der Waals surface area contributed by atoms with Gasteiger partial charge < -0.3 is 73.7 Å². The first-order valence-electron chi connectivity index (χ1n) is 48.3. The smallest absolute Gasteiger partial charge is 0.312 e. The Hall–Kier alpha value is -12.9. The maximum Gasteiger partial charge on any atom is 0.312 e. The Morgan fingerprint density at radius 3 is 1.22 bits per heavy atom. The number of carboxylic acid groups (broad SMARTS) is 1. The van der Waals surface area contributed by atoms with Crippen LogP contribution in [0.3, 0.4) is 0 Å². The van der Waals surface area contributed by atoms with Gasteiger partial charge in [0.15, 0.2) is 11.6 Å². The molecule has 147 heavy (non-hydrogen) atoms. The van der Waals surface area contributed by atoms with Crippen LogP contribution < -0.4 is 39.8 Å². The van der Waals surface area contributed by atoms with Crippen LogP contribution in [0.15, 0.2) is 229 Å². The number of nitrogens with zero attached hydrogens (tertiary/aromatic N) is 10. The number of carbonyl (C=O) groups is 6. The number of piperazine rings is 2. The average Bonchev–Trinajstić information content (AvgIpc) is 1.50. The number of hydrogen-bond donors (Lipinski definition) is 3. The molecule has 2 fully saturated rings. The van der Waals surface area contributed by atoms with E-state index in [1.54, 1.807) is 90.0 Å². The maximum absolute atomic E-state index is 15.4. The highest BCUT2D eigenvalue weighted by Crippen LogP contribution is 2.43. The Kier molecular flexibility index (Phi) is 40.1. The molecule has 27 nitrogen and oxygen atoms in total. The van der Waals surface area contributed by atoms with Crippen LogP contribution in [0.5, 0.6) is 23.0 Å². The number of hydrogen-bond acceptors (Lipinski definition) is 23. The minimum atomic E-state index is -1.11. The van der Waals surface area contributed by atoms with Crippen molar-refractivity contribution in [3.05, 3.63) is 339 Å². The molecule has 4 aliphatic heterocycles. The maximum atomic E-state index is 15.4. The molecule has 2 aromatic heterocycles. The van der Waals surface area contributed by atoms with Gasteiger partial charge in [0.1, 0.15) is 59.1 Å². The van der Waals surface area contributed by atoms with Gasteiger partial charge in [-0.1, -0.05) is 144 Å². The number of ether oxygens (including phenoxy) is 8. The summed E-state index contributed by atoms with van der Waals surface area (Å²) in [4.78, 5) is 113. The van der Waals surface area contributed by atoms with Gasteiger partial charge in [0.2, 0.25) is 17.7 Å². The minimum Gasteiger partial charge on any atom is -0.496 e. The Morgan fingerprint density at radius 2 is 0.823 bits per heavy atom. The number of methoxy groups -OCH3 is 4. The minimum absolute atomic E-state index is 0.0117. The van der Waals surface area contributed by atoms with Crippen LogP contribution in [-0.2, 0) is 64.1 Å². The number of carbonyl (C=O) groups excluding carboxylic acids is 5. The van der Waals surface area contributed by atoms with Crippen molar-refractivity contribution in [2.45, 2.75) is 115 Å². The van der Waals surface area contributed by atoms with Gasteiger partial charge in [0.25, 0.3) is 0 Å². The first-order valence-corrected chi connectivity index (χ1v) is 50.6. The Labute approximate surface area is 883 Å². The fraction of sp³-hybridized carbons (Fsp3) is 0.321. The molecular formula is C112H114Cl6F2N12O15. The number of Topliss-reactive ketones (excluding diaryl/α,β-unsaturated/α-hetero) is 2. The molecule has 4 aliphatic rings. The van der Waals surface area contributed by atoms with Gasteiger partial charge in [-0.3, -0.25) is 38.8 Å². The lowest BCUT2D eigenvalue weighted by molar-refractivity contribution is -0.145. The highest BCUT2D eigenvalue weighted by molar-refractivity contribution is 6.33. The van der Waals surface area contributed by atoms with Crippen LogP contribution >= 0.6 is 69.6 Å². The summed E-state index contributed by atoms with van der Waals surface area (Å²) >= 11 is 37.5. The molecule has 6 heterocycles. The number of aromatic nitrogens is 4. The van der Waals surface area contributed by atoms with Gasteiger partial charge in [0.05, 0.1) is 138 Å². The zero-order valence-electron chi connectivity index (χ0n) is 82.2. The molecule has 4 atom stereocenters. The third kappa shape index (κ3) is 28.8. The summed E-state index contributed by atoms with van der Waals surface area (Å²) < 4.78 is 75.0. The van der Waals surface area contributed by atoms with Gasteiger partial charge in [-0.05, 0) is 194 Å². The molecule has 4 N–H and O–H groups in total. The van der Waals surface area contributed by atoms with Crippen LogP contribution in [0.4, 0.5) is 20.2 Å². The zero-order valence-corrected chi connectivity index (χ0v) is 86.8. The molecule has 3 amide bonds. The fourth-order valence-corrected chi connectivity index (χ4v) is 19.1. The Morgan fingerprint density at radius 1 is 0.435 bits per heavy atom. The third-order valence-electron chi connectivity index (χ3n) is 25.4. The molecule has 12 aromatic rings. The van der Waals surface area contributed by atoms with Gasteiger partial charge in [-0.2, -0.15) is 0 Å². The summed E-state index contributed by atoms with van der Waals surface area (Å²) in [5.41, 5.74) is 19.2. The number of nitrogens with one attached hydrogen (secondary N) is 1. The van der Waals surface area contributed by atoms with Crippen LogP contribution in [0.2, 0.25) is 30.1 Å². The predicted octanol–water partition coefficient (Wildman–Crippen LogP) is 21.1. The second-order valence-corrected chi connectivity index (χ2v) is 37.7. The van der Waals surface area contributed by atoms with E-state index in [9.17, 15) is 28.8 Å². The normalized spacial score (nSPS) is 15.1. The van der Waals surface area contributed by atoms with Crippen molar-refractivity contribution in [3.63, 3.8) is 0 Å². The summed E-state index contributed by atoms with van der Waals surface area (Å²) in [5, 5.41) is 15.4. The van der Waals surface area contributed by atoms with Crippen molar-refractivity contribution in [3.8, 4) is 45.5 Å². The molecule has 10 aromatic carbocycles. The lowest BCUT2D eigenvalue weighted by atomic mass is 9.94. The number of anilines is 2. The monoisotopic (exact) mass is 2110 g/mol. The lowest BCUT2D eigenvalue weighted by Crippen LogP contribution is -2.56. The number of amides is 3. The largest absolute Gasteiger partial charge is 0.496 e. The number of halogens is 8. The van der Waals surface area contributed by atoms with Crippen LogP contribution in [0.25, 0.3) is 22.5 Å². The van der Waals surface area contributed by atoms with Gasteiger partial charge >= 0.3 is 5.97 Å². The van der Waals surface area contributed by atoms with Crippen molar-refractivity contribution in [1.82, 2.24) is 35.1 Å². The zero-order chi connectivity index (χ0) is 104. The number of aliphatic imine (C=N–C) groups is 2.